The first kappa shape index (κ1) is 13.1. The molecule has 2 rings (SSSR count). The molecule has 0 aromatic carbocycles. The van der Waals surface area contributed by atoms with E-state index in [2.05, 4.69) is 53.7 Å². The summed E-state index contributed by atoms with van der Waals surface area (Å²) >= 11 is 0. The molecule has 98 valence electrons. The molecule has 0 spiro atoms. The van der Waals surface area contributed by atoms with Gasteiger partial charge in [-0.1, -0.05) is 12.2 Å². The molecule has 2 nitrogen and oxygen atoms in total. The standard InChI is InChI=1S/C15H26O2/c1-14(2,3)16-12-10-7-8-11(9-10)13(12)17-15(4,5)6/h7-8,10-13H,9H2,1-6H3. The van der Waals surface area contributed by atoms with Crippen LogP contribution in [0.3, 0.4) is 0 Å². The third-order valence-corrected chi connectivity index (χ3v) is 3.30. The molecule has 0 heterocycles. The quantitative estimate of drug-likeness (QED) is 0.685. The number of fused-ring (bicyclic) bond motifs is 2. The lowest BCUT2D eigenvalue weighted by Crippen LogP contribution is -2.43. The largest absolute Gasteiger partial charge is 0.369 e. The lowest BCUT2D eigenvalue weighted by atomic mass is 9.99. The van der Waals surface area contributed by atoms with Crippen LogP contribution in [0.5, 0.6) is 0 Å². The van der Waals surface area contributed by atoms with Crippen molar-refractivity contribution < 1.29 is 9.47 Å². The molecule has 2 bridgehead atoms. The van der Waals surface area contributed by atoms with Crippen LogP contribution >= 0.6 is 0 Å². The minimum Gasteiger partial charge on any atom is -0.369 e. The molecule has 0 radical (unpaired) electrons. The van der Waals surface area contributed by atoms with Crippen molar-refractivity contribution in [2.75, 3.05) is 0 Å². The van der Waals surface area contributed by atoms with E-state index in [9.17, 15) is 0 Å². The van der Waals surface area contributed by atoms with Crippen LogP contribution < -0.4 is 0 Å². The Kier molecular flexibility index (Phi) is 3.16. The fourth-order valence-electron chi connectivity index (χ4n) is 2.86. The maximum absolute atomic E-state index is 6.21. The van der Waals surface area contributed by atoms with Crippen molar-refractivity contribution in [1.29, 1.82) is 0 Å². The number of hydrogen-bond donors (Lipinski definition) is 0. The van der Waals surface area contributed by atoms with E-state index in [1.807, 2.05) is 0 Å². The van der Waals surface area contributed by atoms with E-state index in [4.69, 9.17) is 9.47 Å². The summed E-state index contributed by atoms with van der Waals surface area (Å²) in [6.45, 7) is 12.7. The molecule has 17 heavy (non-hydrogen) atoms. The van der Waals surface area contributed by atoms with E-state index in [0.717, 1.165) is 0 Å². The molecule has 1 saturated carbocycles. The van der Waals surface area contributed by atoms with Gasteiger partial charge in [0.15, 0.2) is 0 Å². The maximum atomic E-state index is 6.21. The number of ether oxygens (including phenoxy) is 2. The molecule has 2 aliphatic rings. The smallest absolute Gasteiger partial charge is 0.0912 e. The summed E-state index contributed by atoms with van der Waals surface area (Å²) in [4.78, 5) is 0. The van der Waals surface area contributed by atoms with Crippen molar-refractivity contribution in [3.63, 3.8) is 0 Å². The van der Waals surface area contributed by atoms with Crippen molar-refractivity contribution in [1.82, 2.24) is 0 Å². The highest BCUT2D eigenvalue weighted by atomic mass is 16.6. The van der Waals surface area contributed by atoms with Crippen LogP contribution in [-0.2, 0) is 9.47 Å². The zero-order valence-electron chi connectivity index (χ0n) is 12.0. The van der Waals surface area contributed by atoms with Crippen LogP contribution in [-0.4, -0.2) is 23.4 Å². The van der Waals surface area contributed by atoms with Crippen molar-refractivity contribution in [3.05, 3.63) is 12.2 Å². The molecule has 0 aromatic rings. The first-order chi connectivity index (χ1) is 7.66. The Hall–Kier alpha value is -0.340. The zero-order valence-corrected chi connectivity index (χ0v) is 12.0. The SMILES string of the molecule is CC(C)(C)OC1C2C=CC(C2)C1OC(C)(C)C. The summed E-state index contributed by atoms with van der Waals surface area (Å²) in [6.07, 6.45) is 6.27. The number of hydrogen-bond acceptors (Lipinski definition) is 2. The Morgan fingerprint density at radius 1 is 0.765 bits per heavy atom. The average Bonchev–Trinajstić information content (AvgIpc) is 2.63. The monoisotopic (exact) mass is 238 g/mol. The van der Waals surface area contributed by atoms with Gasteiger partial charge in [-0.15, -0.1) is 0 Å². The molecule has 2 aliphatic carbocycles. The second-order valence-electron chi connectivity index (χ2n) is 7.34. The fraction of sp³-hybridized carbons (Fsp3) is 0.867. The highest BCUT2D eigenvalue weighted by Crippen LogP contribution is 2.45. The lowest BCUT2D eigenvalue weighted by molar-refractivity contribution is -0.165. The third kappa shape index (κ3) is 3.11. The van der Waals surface area contributed by atoms with Crippen molar-refractivity contribution in [3.8, 4) is 0 Å². The van der Waals surface area contributed by atoms with Crippen LogP contribution in [0.25, 0.3) is 0 Å². The minimum atomic E-state index is -0.0948. The van der Waals surface area contributed by atoms with Gasteiger partial charge in [0, 0.05) is 11.8 Å². The van der Waals surface area contributed by atoms with Gasteiger partial charge in [-0.25, -0.2) is 0 Å². The van der Waals surface area contributed by atoms with Gasteiger partial charge in [-0.05, 0) is 48.0 Å². The topological polar surface area (TPSA) is 18.5 Å². The molecule has 2 heteroatoms. The van der Waals surface area contributed by atoms with Gasteiger partial charge >= 0.3 is 0 Å². The Morgan fingerprint density at radius 3 is 1.41 bits per heavy atom. The second kappa shape index (κ2) is 4.10. The first-order valence-electron chi connectivity index (χ1n) is 6.70. The van der Waals surface area contributed by atoms with E-state index in [1.54, 1.807) is 0 Å². The van der Waals surface area contributed by atoms with Crippen molar-refractivity contribution in [2.24, 2.45) is 11.8 Å². The minimum absolute atomic E-state index is 0.0948. The van der Waals surface area contributed by atoms with Crippen LogP contribution in [0, 0.1) is 11.8 Å². The van der Waals surface area contributed by atoms with Crippen LogP contribution in [0.2, 0.25) is 0 Å². The van der Waals surface area contributed by atoms with Gasteiger partial charge in [-0.3, -0.25) is 0 Å². The Balaban J connectivity index is 2.10. The van der Waals surface area contributed by atoms with Crippen LogP contribution in [0.1, 0.15) is 48.0 Å². The second-order valence-corrected chi connectivity index (χ2v) is 7.34. The molecule has 0 aliphatic heterocycles. The summed E-state index contributed by atoms with van der Waals surface area (Å²) in [5, 5.41) is 0. The number of rotatable bonds is 2. The van der Waals surface area contributed by atoms with Gasteiger partial charge in [0.2, 0.25) is 0 Å². The summed E-state index contributed by atoms with van der Waals surface area (Å²) in [5.41, 5.74) is -0.190. The molecule has 1 fully saturated rings. The maximum Gasteiger partial charge on any atom is 0.0912 e. The van der Waals surface area contributed by atoms with E-state index in [1.165, 1.54) is 6.42 Å². The summed E-state index contributed by atoms with van der Waals surface area (Å²) in [5.74, 6) is 1.10. The van der Waals surface area contributed by atoms with Gasteiger partial charge in [0.25, 0.3) is 0 Å². The molecular weight excluding hydrogens is 212 g/mol. The zero-order chi connectivity index (χ0) is 12.8. The normalized spacial score (nSPS) is 36.8. The van der Waals surface area contributed by atoms with Gasteiger partial charge in [0.1, 0.15) is 0 Å². The molecular formula is C15H26O2. The predicted octanol–water partition coefficient (Wildman–Crippen LogP) is 3.56. The molecule has 0 amide bonds. The third-order valence-electron chi connectivity index (χ3n) is 3.30. The van der Waals surface area contributed by atoms with E-state index >= 15 is 0 Å². The lowest BCUT2D eigenvalue weighted by Gasteiger charge is -2.37. The summed E-state index contributed by atoms with van der Waals surface area (Å²) < 4.78 is 12.4. The van der Waals surface area contributed by atoms with Crippen LogP contribution in [0.15, 0.2) is 12.2 Å². The van der Waals surface area contributed by atoms with E-state index in [0.29, 0.717) is 11.8 Å². The predicted molar refractivity (Wildman–Crippen MR) is 70.0 cm³/mol. The van der Waals surface area contributed by atoms with Crippen molar-refractivity contribution >= 4 is 0 Å². The molecule has 0 N–H and O–H groups in total. The van der Waals surface area contributed by atoms with Gasteiger partial charge < -0.3 is 9.47 Å². The highest BCUT2D eigenvalue weighted by Gasteiger charge is 2.48. The molecule has 4 unspecified atom stereocenters. The van der Waals surface area contributed by atoms with E-state index in [-0.39, 0.29) is 23.4 Å². The van der Waals surface area contributed by atoms with Gasteiger partial charge in [-0.2, -0.15) is 0 Å². The molecule has 4 atom stereocenters. The van der Waals surface area contributed by atoms with Crippen molar-refractivity contribution in [2.45, 2.75) is 71.4 Å². The van der Waals surface area contributed by atoms with Gasteiger partial charge in [0.05, 0.1) is 23.4 Å². The Morgan fingerprint density at radius 2 is 1.12 bits per heavy atom. The highest BCUT2D eigenvalue weighted by molar-refractivity contribution is 5.16. The van der Waals surface area contributed by atoms with E-state index < -0.39 is 0 Å². The van der Waals surface area contributed by atoms with Crippen LogP contribution in [0.4, 0.5) is 0 Å². The molecule has 0 aromatic heterocycles. The molecule has 0 saturated heterocycles. The Bertz CT molecular complexity index is 276. The summed E-state index contributed by atoms with van der Waals surface area (Å²) in [6, 6.07) is 0. The fourth-order valence-corrected chi connectivity index (χ4v) is 2.86. The first-order valence-corrected chi connectivity index (χ1v) is 6.70. The Labute approximate surface area is 105 Å². The average molecular weight is 238 g/mol. The summed E-state index contributed by atoms with van der Waals surface area (Å²) in [7, 11) is 0.